The Morgan fingerprint density at radius 1 is 1.45 bits per heavy atom. The number of halogens is 1. The van der Waals surface area contributed by atoms with E-state index in [4.69, 9.17) is 0 Å². The second-order valence-corrected chi connectivity index (χ2v) is 5.43. The molecule has 0 unspecified atom stereocenters. The summed E-state index contributed by atoms with van der Waals surface area (Å²) in [5.41, 5.74) is 9.36. The molecule has 2 N–H and O–H groups in total. The largest absolute Gasteiger partial charge is 0.300 e. The van der Waals surface area contributed by atoms with Crippen LogP contribution in [0.3, 0.4) is 0 Å². The SMILES string of the molecule is C=CC1=C(CC)/C(=C(/C)NF)C(CN(C)CCC)=NNC1=C. The molecule has 4 nitrogen and oxygen atoms in total. The Kier molecular flexibility index (Phi) is 7.05. The van der Waals surface area contributed by atoms with Gasteiger partial charge in [0.1, 0.15) is 0 Å². The number of rotatable bonds is 7. The minimum Gasteiger partial charge on any atom is -0.300 e. The first-order valence-corrected chi connectivity index (χ1v) is 7.64. The highest BCUT2D eigenvalue weighted by atomic mass is 19.2. The predicted molar refractivity (Wildman–Crippen MR) is 92.0 cm³/mol. The molecule has 22 heavy (non-hydrogen) atoms. The lowest BCUT2D eigenvalue weighted by Crippen LogP contribution is -2.30. The molecule has 0 bridgehead atoms. The lowest BCUT2D eigenvalue weighted by Gasteiger charge is -2.20. The second kappa shape index (κ2) is 8.54. The van der Waals surface area contributed by atoms with Gasteiger partial charge in [-0.1, -0.05) is 33.1 Å². The van der Waals surface area contributed by atoms with Crippen LogP contribution >= 0.6 is 0 Å². The van der Waals surface area contributed by atoms with Crippen molar-refractivity contribution in [2.45, 2.75) is 33.6 Å². The van der Waals surface area contributed by atoms with Gasteiger partial charge in [0, 0.05) is 23.4 Å². The summed E-state index contributed by atoms with van der Waals surface area (Å²) < 4.78 is 13.1. The molecule has 0 aliphatic carbocycles. The lowest BCUT2D eigenvalue weighted by molar-refractivity contribution is 0.377. The first-order valence-electron chi connectivity index (χ1n) is 7.64. The lowest BCUT2D eigenvalue weighted by atomic mass is 9.91. The molecule has 0 radical (unpaired) electrons. The van der Waals surface area contributed by atoms with E-state index in [0.29, 0.717) is 17.9 Å². The summed E-state index contributed by atoms with van der Waals surface area (Å²) in [6.45, 7) is 15.3. The molecular formula is C17H27FN4. The molecule has 0 aromatic carbocycles. The Labute approximate surface area is 133 Å². The number of hydrogen-bond donors (Lipinski definition) is 2. The van der Waals surface area contributed by atoms with Crippen molar-refractivity contribution in [3.05, 3.63) is 47.3 Å². The number of allylic oxidation sites excluding steroid dienone is 3. The summed E-state index contributed by atoms with van der Waals surface area (Å²) in [6, 6.07) is 0. The molecule has 0 saturated heterocycles. The van der Waals surface area contributed by atoms with Crippen molar-refractivity contribution in [2.24, 2.45) is 5.10 Å². The highest BCUT2D eigenvalue weighted by Crippen LogP contribution is 2.28. The fraction of sp³-hybridized carbons (Fsp3) is 0.471. The highest BCUT2D eigenvalue weighted by Gasteiger charge is 2.22. The predicted octanol–water partition coefficient (Wildman–Crippen LogP) is 3.44. The fourth-order valence-corrected chi connectivity index (χ4v) is 2.68. The van der Waals surface area contributed by atoms with Crippen LogP contribution in [0.4, 0.5) is 4.48 Å². The van der Waals surface area contributed by atoms with Crippen molar-refractivity contribution in [3.63, 3.8) is 0 Å². The molecule has 0 spiro atoms. The van der Waals surface area contributed by atoms with Crippen LogP contribution in [0.2, 0.25) is 0 Å². The molecule has 1 rings (SSSR count). The van der Waals surface area contributed by atoms with E-state index in [9.17, 15) is 4.48 Å². The van der Waals surface area contributed by atoms with Crippen LogP contribution < -0.4 is 11.0 Å². The van der Waals surface area contributed by atoms with Gasteiger partial charge in [-0.3, -0.25) is 5.43 Å². The normalized spacial score (nSPS) is 17.9. The van der Waals surface area contributed by atoms with Gasteiger partial charge >= 0.3 is 0 Å². The van der Waals surface area contributed by atoms with Crippen molar-refractivity contribution < 1.29 is 4.48 Å². The summed E-state index contributed by atoms with van der Waals surface area (Å²) in [4.78, 5) is 2.17. The van der Waals surface area contributed by atoms with Crippen molar-refractivity contribution >= 4 is 5.71 Å². The van der Waals surface area contributed by atoms with Crippen LogP contribution in [0.25, 0.3) is 0 Å². The molecule has 1 aliphatic rings. The van der Waals surface area contributed by atoms with Crippen molar-refractivity contribution in [1.29, 1.82) is 0 Å². The Bertz CT molecular complexity index is 529. The molecule has 0 atom stereocenters. The third-order valence-electron chi connectivity index (χ3n) is 3.67. The van der Waals surface area contributed by atoms with Crippen LogP contribution in [-0.2, 0) is 0 Å². The van der Waals surface area contributed by atoms with Gasteiger partial charge in [-0.05, 0) is 38.9 Å². The molecule has 0 fully saturated rings. The van der Waals surface area contributed by atoms with Gasteiger partial charge < -0.3 is 4.90 Å². The van der Waals surface area contributed by atoms with Crippen LogP contribution in [0.15, 0.2) is 52.4 Å². The van der Waals surface area contributed by atoms with E-state index >= 15 is 0 Å². The molecular weight excluding hydrogens is 279 g/mol. The summed E-state index contributed by atoms with van der Waals surface area (Å²) in [5.74, 6) is 0. The molecule has 122 valence electrons. The molecule has 0 aromatic rings. The zero-order valence-corrected chi connectivity index (χ0v) is 14.1. The van der Waals surface area contributed by atoms with Gasteiger partial charge in [0.25, 0.3) is 0 Å². The monoisotopic (exact) mass is 306 g/mol. The number of nitrogens with zero attached hydrogens (tertiary/aromatic N) is 2. The molecule has 0 amide bonds. The first-order chi connectivity index (χ1) is 10.5. The van der Waals surface area contributed by atoms with Crippen LogP contribution in [0, 0.1) is 0 Å². The van der Waals surface area contributed by atoms with Gasteiger partial charge in [0.2, 0.25) is 0 Å². The average Bonchev–Trinajstić information content (AvgIpc) is 2.63. The van der Waals surface area contributed by atoms with Crippen molar-refractivity contribution in [3.8, 4) is 0 Å². The maximum atomic E-state index is 13.1. The van der Waals surface area contributed by atoms with Gasteiger partial charge in [0.15, 0.2) is 0 Å². The minimum atomic E-state index is 0.455. The van der Waals surface area contributed by atoms with Crippen LogP contribution in [-0.4, -0.2) is 30.7 Å². The number of hydrogen-bond acceptors (Lipinski definition) is 4. The molecule has 1 aliphatic heterocycles. The smallest absolute Gasteiger partial charge is 0.0840 e. The van der Waals surface area contributed by atoms with E-state index in [2.05, 4.69) is 35.5 Å². The van der Waals surface area contributed by atoms with Gasteiger partial charge in [-0.25, -0.2) is 5.54 Å². The molecule has 0 saturated carbocycles. The summed E-state index contributed by atoms with van der Waals surface area (Å²) >= 11 is 0. The Balaban J connectivity index is 3.40. The fourth-order valence-electron chi connectivity index (χ4n) is 2.68. The molecule has 5 heteroatoms. The van der Waals surface area contributed by atoms with E-state index in [1.165, 1.54) is 0 Å². The van der Waals surface area contributed by atoms with E-state index in [1.54, 1.807) is 18.5 Å². The Morgan fingerprint density at radius 3 is 2.64 bits per heavy atom. The third kappa shape index (κ3) is 4.07. The van der Waals surface area contributed by atoms with E-state index in [-0.39, 0.29) is 0 Å². The first kappa shape index (κ1) is 18.2. The van der Waals surface area contributed by atoms with Gasteiger partial charge in [-0.15, -0.1) is 4.48 Å². The number of nitrogens with one attached hydrogen (secondary N) is 2. The quantitative estimate of drug-likeness (QED) is 0.708. The molecule has 1 heterocycles. The van der Waals surface area contributed by atoms with Crippen LogP contribution in [0.1, 0.15) is 33.6 Å². The van der Waals surface area contributed by atoms with Crippen LogP contribution in [0.5, 0.6) is 0 Å². The average molecular weight is 306 g/mol. The van der Waals surface area contributed by atoms with E-state index in [0.717, 1.165) is 41.8 Å². The summed E-state index contributed by atoms with van der Waals surface area (Å²) in [7, 11) is 2.03. The standard InChI is InChI=1S/C17H27FN4/c1-7-10-22(6)11-16-17(13(5)19-18)15(9-3)14(8-2)12(4)20-21-16/h8,19-20H,2,4,7,9-11H2,1,3,5-6H3/b17-13+. The van der Waals surface area contributed by atoms with Gasteiger partial charge in [0.05, 0.1) is 11.4 Å². The Hall–Kier alpha value is -1.88. The molecule has 0 aromatic heterocycles. The zero-order chi connectivity index (χ0) is 16.7. The minimum absolute atomic E-state index is 0.455. The van der Waals surface area contributed by atoms with Crippen molar-refractivity contribution in [1.82, 2.24) is 15.9 Å². The topological polar surface area (TPSA) is 39.7 Å². The van der Waals surface area contributed by atoms with Gasteiger partial charge in [-0.2, -0.15) is 5.10 Å². The third-order valence-corrected chi connectivity index (χ3v) is 3.67. The zero-order valence-electron chi connectivity index (χ0n) is 14.1. The van der Waals surface area contributed by atoms with E-state index in [1.807, 2.05) is 14.0 Å². The van der Waals surface area contributed by atoms with E-state index < -0.39 is 0 Å². The maximum absolute atomic E-state index is 13.1. The number of hydrazone groups is 1. The Morgan fingerprint density at radius 2 is 2.14 bits per heavy atom. The summed E-state index contributed by atoms with van der Waals surface area (Å²) in [5, 5.41) is 4.44. The second-order valence-electron chi connectivity index (χ2n) is 5.43. The highest BCUT2D eigenvalue weighted by molar-refractivity contribution is 6.06. The summed E-state index contributed by atoms with van der Waals surface area (Å²) in [6.07, 6.45) is 3.54. The van der Waals surface area contributed by atoms with Crippen molar-refractivity contribution in [2.75, 3.05) is 20.1 Å². The maximum Gasteiger partial charge on any atom is 0.0840 e.